The number of hydrogen-bond donors (Lipinski definition) is 1. The molecule has 27 heavy (non-hydrogen) atoms. The van der Waals surface area contributed by atoms with Crippen LogP contribution in [0, 0.1) is 0 Å². The van der Waals surface area contributed by atoms with E-state index < -0.39 is 11.7 Å². The minimum Gasteiger partial charge on any atom is -0.457 e. The van der Waals surface area contributed by atoms with Crippen molar-refractivity contribution in [2.75, 3.05) is 26.2 Å². The maximum atomic E-state index is 12.8. The van der Waals surface area contributed by atoms with Gasteiger partial charge in [-0.15, -0.1) is 0 Å². The fraction of sp³-hybridized carbons (Fsp3) is 0.429. The Bertz CT molecular complexity index is 727. The van der Waals surface area contributed by atoms with E-state index >= 15 is 0 Å². The lowest BCUT2D eigenvalue weighted by atomic mass is 10.1. The topological polar surface area (TPSA) is 24.5 Å². The fourth-order valence-corrected chi connectivity index (χ4v) is 3.24. The number of piperidine rings is 1. The summed E-state index contributed by atoms with van der Waals surface area (Å²) in [5, 5.41) is 3.42. The van der Waals surface area contributed by atoms with Gasteiger partial charge in [0.05, 0.1) is 5.56 Å². The molecule has 1 N–H and O–H groups in total. The molecule has 0 radical (unpaired) electrons. The molecule has 0 spiro atoms. The first-order chi connectivity index (χ1) is 13.0. The molecule has 0 saturated carbocycles. The lowest BCUT2D eigenvalue weighted by molar-refractivity contribution is -0.137. The molecule has 0 aliphatic carbocycles. The number of alkyl halides is 3. The number of nitrogens with one attached hydrogen (secondary N) is 1. The second-order valence-electron chi connectivity index (χ2n) is 6.85. The van der Waals surface area contributed by atoms with Crippen molar-refractivity contribution in [1.29, 1.82) is 0 Å². The van der Waals surface area contributed by atoms with Crippen LogP contribution in [0.5, 0.6) is 11.5 Å². The van der Waals surface area contributed by atoms with E-state index in [9.17, 15) is 13.2 Å². The molecule has 2 aromatic carbocycles. The number of nitrogens with zero attached hydrogens (tertiary/aromatic N) is 1. The molecule has 0 unspecified atom stereocenters. The third-order valence-corrected chi connectivity index (χ3v) is 4.68. The summed E-state index contributed by atoms with van der Waals surface area (Å²) in [7, 11) is 0. The summed E-state index contributed by atoms with van der Waals surface area (Å²) >= 11 is 0. The highest BCUT2D eigenvalue weighted by Crippen LogP contribution is 2.32. The number of hydrogen-bond acceptors (Lipinski definition) is 3. The maximum Gasteiger partial charge on any atom is 0.416 e. The summed E-state index contributed by atoms with van der Waals surface area (Å²) in [4.78, 5) is 2.48. The fourth-order valence-electron chi connectivity index (χ4n) is 3.24. The highest BCUT2D eigenvalue weighted by molar-refractivity contribution is 5.36. The molecule has 1 aliphatic heterocycles. The minimum atomic E-state index is -4.38. The van der Waals surface area contributed by atoms with E-state index in [4.69, 9.17) is 4.74 Å². The van der Waals surface area contributed by atoms with Gasteiger partial charge in [-0.2, -0.15) is 13.2 Å². The van der Waals surface area contributed by atoms with Gasteiger partial charge in [0, 0.05) is 19.6 Å². The van der Waals surface area contributed by atoms with Gasteiger partial charge in [0.15, 0.2) is 0 Å². The monoisotopic (exact) mass is 378 g/mol. The Hall–Kier alpha value is -2.05. The lowest BCUT2D eigenvalue weighted by Gasteiger charge is -2.26. The number of rotatable bonds is 7. The SMILES string of the molecule is FC(F)(F)c1cccc(Oc2cccc(CNCCN3CCCCC3)c2)c1. The number of benzene rings is 2. The van der Waals surface area contributed by atoms with Crippen LogP contribution in [0.25, 0.3) is 0 Å². The molecule has 3 nitrogen and oxygen atoms in total. The van der Waals surface area contributed by atoms with Crippen molar-refractivity contribution in [1.82, 2.24) is 10.2 Å². The Kier molecular flexibility index (Phi) is 6.74. The molecule has 3 rings (SSSR count). The van der Waals surface area contributed by atoms with Crippen LogP contribution in [0.15, 0.2) is 48.5 Å². The molecule has 0 aromatic heterocycles. The van der Waals surface area contributed by atoms with E-state index in [1.165, 1.54) is 44.5 Å². The first-order valence-electron chi connectivity index (χ1n) is 9.38. The van der Waals surface area contributed by atoms with Crippen LogP contribution in [0.2, 0.25) is 0 Å². The average molecular weight is 378 g/mol. The summed E-state index contributed by atoms with van der Waals surface area (Å²) in [6, 6.07) is 12.4. The van der Waals surface area contributed by atoms with Gasteiger partial charge < -0.3 is 15.0 Å². The van der Waals surface area contributed by atoms with E-state index in [2.05, 4.69) is 10.2 Å². The zero-order valence-electron chi connectivity index (χ0n) is 15.3. The van der Waals surface area contributed by atoms with Crippen LogP contribution in [0.4, 0.5) is 13.2 Å². The Balaban J connectivity index is 1.51. The van der Waals surface area contributed by atoms with Crippen LogP contribution in [0.1, 0.15) is 30.4 Å². The van der Waals surface area contributed by atoms with Crippen molar-refractivity contribution in [3.8, 4) is 11.5 Å². The molecular weight excluding hydrogens is 353 g/mol. The Morgan fingerprint density at radius 2 is 1.63 bits per heavy atom. The predicted molar refractivity (Wildman–Crippen MR) is 100.0 cm³/mol. The first-order valence-corrected chi connectivity index (χ1v) is 9.38. The van der Waals surface area contributed by atoms with Crippen molar-refractivity contribution in [2.24, 2.45) is 0 Å². The van der Waals surface area contributed by atoms with Gasteiger partial charge in [-0.3, -0.25) is 0 Å². The van der Waals surface area contributed by atoms with E-state index in [1.807, 2.05) is 18.2 Å². The highest BCUT2D eigenvalue weighted by atomic mass is 19.4. The predicted octanol–water partition coefficient (Wildman–Crippen LogP) is 5.07. The van der Waals surface area contributed by atoms with E-state index in [1.54, 1.807) is 6.07 Å². The Morgan fingerprint density at radius 3 is 2.37 bits per heavy atom. The molecule has 146 valence electrons. The maximum absolute atomic E-state index is 12.8. The Labute approximate surface area is 158 Å². The molecule has 1 saturated heterocycles. The normalized spacial score (nSPS) is 15.7. The molecule has 0 amide bonds. The molecule has 0 atom stereocenters. The number of ether oxygens (including phenoxy) is 1. The third kappa shape index (κ3) is 6.26. The standard InChI is InChI=1S/C21H25F3N2O/c22-21(23,24)18-7-5-9-20(15-18)27-19-8-4-6-17(14-19)16-25-10-13-26-11-2-1-3-12-26/h4-9,14-15,25H,1-3,10-13,16H2. The second kappa shape index (κ2) is 9.24. The molecular formula is C21H25F3N2O. The van der Waals surface area contributed by atoms with Crippen LogP contribution in [-0.4, -0.2) is 31.1 Å². The van der Waals surface area contributed by atoms with Gasteiger partial charge in [-0.25, -0.2) is 0 Å². The second-order valence-corrected chi connectivity index (χ2v) is 6.85. The molecule has 1 heterocycles. The Morgan fingerprint density at radius 1 is 0.926 bits per heavy atom. The number of halogens is 3. The van der Waals surface area contributed by atoms with Gasteiger partial charge in [-0.1, -0.05) is 24.6 Å². The molecule has 1 aliphatic rings. The molecule has 6 heteroatoms. The van der Waals surface area contributed by atoms with Crippen molar-refractivity contribution in [3.63, 3.8) is 0 Å². The van der Waals surface area contributed by atoms with E-state index in [0.29, 0.717) is 12.3 Å². The third-order valence-electron chi connectivity index (χ3n) is 4.68. The van der Waals surface area contributed by atoms with Crippen molar-refractivity contribution in [3.05, 3.63) is 59.7 Å². The van der Waals surface area contributed by atoms with Crippen LogP contribution >= 0.6 is 0 Å². The van der Waals surface area contributed by atoms with Gasteiger partial charge in [-0.05, 0) is 61.8 Å². The van der Waals surface area contributed by atoms with Gasteiger partial charge in [0.2, 0.25) is 0 Å². The zero-order valence-corrected chi connectivity index (χ0v) is 15.3. The number of likely N-dealkylation sites (tertiary alicyclic amines) is 1. The first kappa shape index (κ1) is 19.7. The quantitative estimate of drug-likeness (QED) is 0.681. The zero-order chi connectivity index (χ0) is 19.1. The van der Waals surface area contributed by atoms with Gasteiger partial charge in [0.1, 0.15) is 11.5 Å². The van der Waals surface area contributed by atoms with E-state index in [-0.39, 0.29) is 5.75 Å². The summed E-state index contributed by atoms with van der Waals surface area (Å²) in [6.45, 7) is 5.02. The summed E-state index contributed by atoms with van der Waals surface area (Å²) in [5.41, 5.74) is 0.327. The van der Waals surface area contributed by atoms with Crippen molar-refractivity contribution >= 4 is 0 Å². The van der Waals surface area contributed by atoms with E-state index in [0.717, 1.165) is 30.8 Å². The molecule has 2 aromatic rings. The van der Waals surface area contributed by atoms with Crippen LogP contribution in [0.3, 0.4) is 0 Å². The molecule has 0 bridgehead atoms. The van der Waals surface area contributed by atoms with Crippen molar-refractivity contribution < 1.29 is 17.9 Å². The average Bonchev–Trinajstić information content (AvgIpc) is 2.66. The lowest BCUT2D eigenvalue weighted by Crippen LogP contribution is -2.35. The van der Waals surface area contributed by atoms with Crippen LogP contribution < -0.4 is 10.1 Å². The highest BCUT2D eigenvalue weighted by Gasteiger charge is 2.30. The summed E-state index contributed by atoms with van der Waals surface area (Å²) < 4.78 is 44.1. The van der Waals surface area contributed by atoms with Gasteiger partial charge in [0.25, 0.3) is 0 Å². The summed E-state index contributed by atoms with van der Waals surface area (Å²) in [6.07, 6.45) is -0.466. The molecule has 1 fully saturated rings. The van der Waals surface area contributed by atoms with Crippen LogP contribution in [-0.2, 0) is 12.7 Å². The van der Waals surface area contributed by atoms with Crippen molar-refractivity contribution in [2.45, 2.75) is 32.0 Å². The minimum absolute atomic E-state index is 0.181. The largest absolute Gasteiger partial charge is 0.457 e. The summed E-state index contributed by atoms with van der Waals surface area (Å²) in [5.74, 6) is 0.713. The smallest absolute Gasteiger partial charge is 0.416 e. The van der Waals surface area contributed by atoms with Gasteiger partial charge >= 0.3 is 6.18 Å².